The first-order valence-electron chi connectivity index (χ1n) is 2.24. The van der Waals surface area contributed by atoms with E-state index in [-0.39, 0.29) is 0 Å². The fourth-order valence-corrected chi connectivity index (χ4v) is 1.40. The number of carbonyl (C=O) groups is 1. The van der Waals surface area contributed by atoms with E-state index in [2.05, 4.69) is 0 Å². The van der Waals surface area contributed by atoms with Crippen LogP contribution in [0.4, 0.5) is 0 Å². The Kier molecular flexibility index (Phi) is 1.93. The van der Waals surface area contributed by atoms with Gasteiger partial charge in [0.15, 0.2) is 6.29 Å². The summed E-state index contributed by atoms with van der Waals surface area (Å²) in [6.07, 6.45) is 0.729. The number of hydrogen-bond donors (Lipinski definition) is 0. The zero-order chi connectivity index (χ0) is 6.85. The SMILES string of the molecule is [B]c1cc(C=O)sc1Cl. The lowest BCUT2D eigenvalue weighted by atomic mass is 10.0. The van der Waals surface area contributed by atoms with Crippen molar-refractivity contribution < 1.29 is 4.79 Å². The topological polar surface area (TPSA) is 17.1 Å². The van der Waals surface area contributed by atoms with E-state index in [1.807, 2.05) is 0 Å². The summed E-state index contributed by atoms with van der Waals surface area (Å²) in [5.41, 5.74) is 0.476. The Morgan fingerprint density at radius 2 is 2.44 bits per heavy atom. The maximum Gasteiger partial charge on any atom is 0.160 e. The molecule has 4 heteroatoms. The minimum Gasteiger partial charge on any atom is -0.297 e. The molecule has 0 bridgehead atoms. The minimum atomic E-state index is 0.476. The number of aldehydes is 1. The van der Waals surface area contributed by atoms with Crippen LogP contribution in [0.25, 0.3) is 0 Å². The number of hydrogen-bond acceptors (Lipinski definition) is 2. The first kappa shape index (κ1) is 6.84. The lowest BCUT2D eigenvalue weighted by Gasteiger charge is -1.76. The van der Waals surface area contributed by atoms with Crippen LogP contribution in [-0.4, -0.2) is 14.1 Å². The van der Waals surface area contributed by atoms with E-state index in [0.717, 1.165) is 6.29 Å². The molecule has 0 aliphatic rings. The monoisotopic (exact) mass is 156 g/mol. The summed E-state index contributed by atoms with van der Waals surface area (Å²) in [6, 6.07) is 1.56. The smallest absolute Gasteiger partial charge is 0.160 e. The number of carbonyl (C=O) groups excluding carboxylic acids is 1. The van der Waals surface area contributed by atoms with Crippen LogP contribution in [0.2, 0.25) is 4.34 Å². The summed E-state index contributed by atoms with van der Waals surface area (Å²) in [7, 11) is 5.34. The van der Waals surface area contributed by atoms with Gasteiger partial charge in [-0.25, -0.2) is 0 Å². The quantitative estimate of drug-likeness (QED) is 0.438. The van der Waals surface area contributed by atoms with E-state index < -0.39 is 0 Å². The highest BCUT2D eigenvalue weighted by molar-refractivity contribution is 7.18. The fraction of sp³-hybridized carbons (Fsp3) is 0. The van der Waals surface area contributed by atoms with Gasteiger partial charge in [-0.1, -0.05) is 17.1 Å². The van der Waals surface area contributed by atoms with Crippen molar-refractivity contribution in [1.82, 2.24) is 0 Å². The molecule has 0 atom stereocenters. The molecule has 2 radical (unpaired) electrons. The first-order chi connectivity index (χ1) is 4.24. The van der Waals surface area contributed by atoms with Gasteiger partial charge in [-0.15, -0.1) is 11.3 Å². The lowest BCUT2D eigenvalue weighted by Crippen LogP contribution is -1.96. The Balaban J connectivity index is 3.11. The average molecular weight is 156 g/mol. The summed E-state index contributed by atoms with van der Waals surface area (Å²) < 4.78 is 0.483. The lowest BCUT2D eigenvalue weighted by molar-refractivity contribution is 0.112. The van der Waals surface area contributed by atoms with Crippen molar-refractivity contribution in [1.29, 1.82) is 0 Å². The predicted octanol–water partition coefficient (Wildman–Crippen LogP) is 1.01. The molecule has 0 aromatic carbocycles. The fourth-order valence-electron chi connectivity index (χ4n) is 0.460. The average Bonchev–Trinajstić information content (AvgIpc) is 2.13. The van der Waals surface area contributed by atoms with Gasteiger partial charge in [0.1, 0.15) is 7.85 Å². The second-order valence-electron chi connectivity index (χ2n) is 1.50. The van der Waals surface area contributed by atoms with Crippen LogP contribution in [0.3, 0.4) is 0 Å². The molecule has 0 N–H and O–H groups in total. The summed E-state index contributed by atoms with van der Waals surface area (Å²) in [5, 5.41) is 0. The highest BCUT2D eigenvalue weighted by Gasteiger charge is 1.99. The van der Waals surface area contributed by atoms with Gasteiger partial charge < -0.3 is 0 Å². The van der Waals surface area contributed by atoms with Crippen LogP contribution < -0.4 is 5.46 Å². The predicted molar refractivity (Wildman–Crippen MR) is 40.1 cm³/mol. The Morgan fingerprint density at radius 3 is 2.67 bits per heavy atom. The van der Waals surface area contributed by atoms with Crippen molar-refractivity contribution in [2.75, 3.05) is 0 Å². The van der Waals surface area contributed by atoms with Crippen molar-refractivity contribution in [2.24, 2.45) is 0 Å². The van der Waals surface area contributed by atoms with Crippen LogP contribution in [0.15, 0.2) is 6.07 Å². The highest BCUT2D eigenvalue weighted by atomic mass is 35.5. The molecule has 1 heterocycles. The van der Waals surface area contributed by atoms with Crippen molar-refractivity contribution in [3.8, 4) is 0 Å². The van der Waals surface area contributed by atoms with Gasteiger partial charge in [0, 0.05) is 0 Å². The van der Waals surface area contributed by atoms with Crippen LogP contribution in [0, 0.1) is 0 Å². The van der Waals surface area contributed by atoms with Crippen LogP contribution in [0.5, 0.6) is 0 Å². The van der Waals surface area contributed by atoms with Gasteiger partial charge >= 0.3 is 0 Å². The molecular weight excluding hydrogens is 154 g/mol. The Hall–Kier alpha value is -0.275. The number of thiophene rings is 1. The van der Waals surface area contributed by atoms with E-state index in [1.165, 1.54) is 11.3 Å². The second kappa shape index (κ2) is 2.54. The molecular formula is C5H2BClOS. The largest absolute Gasteiger partial charge is 0.297 e. The van der Waals surface area contributed by atoms with Gasteiger partial charge in [-0.05, 0) is 6.07 Å². The summed E-state index contributed by atoms with van der Waals surface area (Å²) >= 11 is 6.73. The van der Waals surface area contributed by atoms with Crippen LogP contribution in [0.1, 0.15) is 9.67 Å². The molecule has 1 aromatic heterocycles. The van der Waals surface area contributed by atoms with Crippen LogP contribution in [-0.2, 0) is 0 Å². The molecule has 1 nitrogen and oxygen atoms in total. The standard InChI is InChI=1S/C5H2BClOS/c6-4-1-3(2-8)9-5(4)7/h1-2H. The van der Waals surface area contributed by atoms with Crippen molar-refractivity contribution in [3.63, 3.8) is 0 Å². The van der Waals surface area contributed by atoms with E-state index in [0.29, 0.717) is 14.7 Å². The van der Waals surface area contributed by atoms with E-state index in [1.54, 1.807) is 6.07 Å². The molecule has 9 heavy (non-hydrogen) atoms. The van der Waals surface area contributed by atoms with Crippen LogP contribution >= 0.6 is 22.9 Å². The van der Waals surface area contributed by atoms with Gasteiger partial charge in [0.25, 0.3) is 0 Å². The zero-order valence-electron chi connectivity index (χ0n) is 4.43. The molecule has 0 saturated heterocycles. The van der Waals surface area contributed by atoms with Gasteiger partial charge in [0.05, 0.1) is 9.21 Å². The first-order valence-corrected chi connectivity index (χ1v) is 3.43. The molecule has 0 amide bonds. The van der Waals surface area contributed by atoms with Crippen molar-refractivity contribution >= 4 is 42.5 Å². The Bertz CT molecular complexity index is 213. The third kappa shape index (κ3) is 1.34. The Morgan fingerprint density at radius 1 is 1.78 bits per heavy atom. The van der Waals surface area contributed by atoms with Gasteiger partial charge in [-0.3, -0.25) is 4.79 Å². The molecule has 0 spiro atoms. The molecule has 0 fully saturated rings. The third-order valence-electron chi connectivity index (χ3n) is 0.848. The highest BCUT2D eigenvalue weighted by Crippen LogP contribution is 2.16. The summed E-state index contributed by atoms with van der Waals surface area (Å²) in [6.45, 7) is 0. The van der Waals surface area contributed by atoms with Crippen molar-refractivity contribution in [3.05, 3.63) is 15.3 Å². The summed E-state index contributed by atoms with van der Waals surface area (Å²) in [4.78, 5) is 10.6. The molecule has 0 saturated carbocycles. The van der Waals surface area contributed by atoms with Gasteiger partial charge in [0.2, 0.25) is 0 Å². The number of rotatable bonds is 1. The Labute approximate surface area is 63.1 Å². The van der Waals surface area contributed by atoms with Crippen molar-refractivity contribution in [2.45, 2.75) is 0 Å². The molecule has 1 rings (SSSR count). The molecule has 1 aromatic rings. The molecule has 0 aliphatic heterocycles. The molecule has 0 aliphatic carbocycles. The zero-order valence-corrected chi connectivity index (χ0v) is 6.00. The number of halogens is 1. The normalized spacial score (nSPS) is 9.44. The van der Waals surface area contributed by atoms with E-state index >= 15 is 0 Å². The minimum absolute atomic E-state index is 0.476. The maximum absolute atomic E-state index is 10.1. The maximum atomic E-state index is 10.1. The summed E-state index contributed by atoms with van der Waals surface area (Å²) in [5.74, 6) is 0. The molecule has 44 valence electrons. The second-order valence-corrected chi connectivity index (χ2v) is 3.18. The third-order valence-corrected chi connectivity index (χ3v) is 2.16. The van der Waals surface area contributed by atoms with E-state index in [9.17, 15) is 4.79 Å². The van der Waals surface area contributed by atoms with E-state index in [4.69, 9.17) is 19.4 Å². The molecule has 0 unspecified atom stereocenters. The van der Waals surface area contributed by atoms with Gasteiger partial charge in [-0.2, -0.15) is 0 Å².